The molecular weight excluding hydrogens is 255 g/mol. The summed E-state index contributed by atoms with van der Waals surface area (Å²) in [6.07, 6.45) is 0.307. The number of rotatable bonds is 6. The van der Waals surface area contributed by atoms with Gasteiger partial charge < -0.3 is 10.6 Å². The van der Waals surface area contributed by atoms with Crippen LogP contribution in [0.5, 0.6) is 0 Å². The first kappa shape index (κ1) is 14.1. The van der Waals surface area contributed by atoms with E-state index >= 15 is 0 Å². The predicted molar refractivity (Wildman–Crippen MR) is 77.8 cm³/mol. The summed E-state index contributed by atoms with van der Waals surface area (Å²) in [6, 6.07) is 16.1. The molecule has 20 heavy (non-hydrogen) atoms. The summed E-state index contributed by atoms with van der Waals surface area (Å²) in [7, 11) is 0. The summed E-state index contributed by atoms with van der Waals surface area (Å²) < 4.78 is 13.3. The third kappa shape index (κ3) is 4.39. The molecule has 2 aromatic carbocycles. The van der Waals surface area contributed by atoms with E-state index in [4.69, 9.17) is 0 Å². The number of carbonyl (C=O) groups is 1. The van der Waals surface area contributed by atoms with E-state index in [1.54, 1.807) is 18.2 Å². The molecule has 0 atom stereocenters. The van der Waals surface area contributed by atoms with E-state index in [2.05, 4.69) is 10.6 Å². The standard InChI is InChI=1S/C16H17FN2O/c17-14-8-4-5-9-15(14)18-11-10-16(20)19-12-13-6-2-1-3-7-13/h1-9,18H,10-12H2,(H,19,20). The minimum Gasteiger partial charge on any atom is -0.382 e. The molecular formula is C16H17FN2O. The van der Waals surface area contributed by atoms with Gasteiger partial charge in [-0.2, -0.15) is 0 Å². The van der Waals surface area contributed by atoms with Crippen LogP contribution >= 0.6 is 0 Å². The lowest BCUT2D eigenvalue weighted by Crippen LogP contribution is -2.24. The van der Waals surface area contributed by atoms with Gasteiger partial charge in [0.15, 0.2) is 0 Å². The molecule has 0 bridgehead atoms. The van der Waals surface area contributed by atoms with Crippen LogP contribution in [0.3, 0.4) is 0 Å². The minimum absolute atomic E-state index is 0.0577. The number of nitrogens with one attached hydrogen (secondary N) is 2. The van der Waals surface area contributed by atoms with E-state index in [9.17, 15) is 9.18 Å². The van der Waals surface area contributed by atoms with Gasteiger partial charge in [-0.3, -0.25) is 4.79 Å². The Bertz CT molecular complexity index is 557. The van der Waals surface area contributed by atoms with Gasteiger partial charge in [0.1, 0.15) is 5.82 Å². The van der Waals surface area contributed by atoms with Crippen molar-refractivity contribution in [1.29, 1.82) is 0 Å². The topological polar surface area (TPSA) is 41.1 Å². The number of hydrogen-bond acceptors (Lipinski definition) is 2. The first-order chi connectivity index (χ1) is 9.75. The first-order valence-corrected chi connectivity index (χ1v) is 6.55. The molecule has 2 rings (SSSR count). The van der Waals surface area contributed by atoms with E-state index in [1.807, 2.05) is 30.3 Å². The molecule has 0 saturated heterocycles. The average Bonchev–Trinajstić information content (AvgIpc) is 2.48. The lowest BCUT2D eigenvalue weighted by molar-refractivity contribution is -0.121. The number of amides is 1. The highest BCUT2D eigenvalue weighted by molar-refractivity contribution is 5.76. The van der Waals surface area contributed by atoms with Gasteiger partial charge in [-0.05, 0) is 17.7 Å². The number of anilines is 1. The van der Waals surface area contributed by atoms with Crippen molar-refractivity contribution in [3.8, 4) is 0 Å². The highest BCUT2D eigenvalue weighted by atomic mass is 19.1. The Labute approximate surface area is 117 Å². The molecule has 0 spiro atoms. The monoisotopic (exact) mass is 272 g/mol. The fourth-order valence-corrected chi connectivity index (χ4v) is 1.80. The van der Waals surface area contributed by atoms with Gasteiger partial charge in [0.2, 0.25) is 5.91 Å². The van der Waals surface area contributed by atoms with Gasteiger partial charge in [-0.25, -0.2) is 4.39 Å². The summed E-state index contributed by atoms with van der Waals surface area (Å²) in [5.41, 5.74) is 1.48. The Hall–Kier alpha value is -2.36. The molecule has 3 nitrogen and oxygen atoms in total. The smallest absolute Gasteiger partial charge is 0.222 e. The zero-order valence-electron chi connectivity index (χ0n) is 11.1. The predicted octanol–water partition coefficient (Wildman–Crippen LogP) is 2.94. The zero-order chi connectivity index (χ0) is 14.2. The van der Waals surface area contributed by atoms with Crippen molar-refractivity contribution in [1.82, 2.24) is 5.32 Å². The average molecular weight is 272 g/mol. The van der Waals surface area contributed by atoms with Gasteiger partial charge in [-0.1, -0.05) is 42.5 Å². The maximum atomic E-state index is 13.3. The molecule has 0 aliphatic carbocycles. The Morgan fingerprint density at radius 1 is 1.00 bits per heavy atom. The Kier molecular flexibility index (Phi) is 5.12. The second-order valence-electron chi connectivity index (χ2n) is 4.42. The molecule has 0 aliphatic rings. The van der Waals surface area contributed by atoms with Crippen molar-refractivity contribution in [2.24, 2.45) is 0 Å². The van der Waals surface area contributed by atoms with Crippen molar-refractivity contribution in [3.05, 3.63) is 66.0 Å². The second kappa shape index (κ2) is 7.28. The van der Waals surface area contributed by atoms with E-state index < -0.39 is 0 Å². The Morgan fingerprint density at radius 3 is 2.45 bits per heavy atom. The van der Waals surface area contributed by atoms with E-state index in [0.717, 1.165) is 5.56 Å². The fourth-order valence-electron chi connectivity index (χ4n) is 1.80. The van der Waals surface area contributed by atoms with Gasteiger partial charge >= 0.3 is 0 Å². The summed E-state index contributed by atoms with van der Waals surface area (Å²) in [5, 5.41) is 5.73. The van der Waals surface area contributed by atoms with Crippen molar-refractivity contribution < 1.29 is 9.18 Å². The van der Waals surface area contributed by atoms with Crippen molar-refractivity contribution in [3.63, 3.8) is 0 Å². The van der Waals surface area contributed by atoms with Crippen LogP contribution in [0.15, 0.2) is 54.6 Å². The molecule has 2 N–H and O–H groups in total. The number of para-hydroxylation sites is 1. The van der Waals surface area contributed by atoms with Crippen LogP contribution in [0.2, 0.25) is 0 Å². The van der Waals surface area contributed by atoms with Crippen molar-refractivity contribution in [2.45, 2.75) is 13.0 Å². The Balaban J connectivity index is 1.69. The fraction of sp³-hybridized carbons (Fsp3) is 0.188. The van der Waals surface area contributed by atoms with Crippen molar-refractivity contribution in [2.75, 3.05) is 11.9 Å². The van der Waals surface area contributed by atoms with Crippen LogP contribution in [0.25, 0.3) is 0 Å². The summed E-state index contributed by atoms with van der Waals surface area (Å²) in [5.74, 6) is -0.366. The minimum atomic E-state index is -0.308. The van der Waals surface area contributed by atoms with Crippen LogP contribution in [0.1, 0.15) is 12.0 Å². The maximum Gasteiger partial charge on any atom is 0.222 e. The van der Waals surface area contributed by atoms with Gasteiger partial charge in [0.25, 0.3) is 0 Å². The molecule has 4 heteroatoms. The summed E-state index contributed by atoms with van der Waals surface area (Å²) >= 11 is 0. The molecule has 0 saturated carbocycles. The van der Waals surface area contributed by atoms with Gasteiger partial charge in [0, 0.05) is 19.5 Å². The summed E-state index contributed by atoms with van der Waals surface area (Å²) in [6.45, 7) is 0.918. The van der Waals surface area contributed by atoms with Crippen LogP contribution in [-0.2, 0) is 11.3 Å². The second-order valence-corrected chi connectivity index (χ2v) is 4.42. The van der Waals surface area contributed by atoms with Gasteiger partial charge in [-0.15, -0.1) is 0 Å². The third-order valence-electron chi connectivity index (χ3n) is 2.87. The highest BCUT2D eigenvalue weighted by Gasteiger charge is 2.03. The molecule has 0 aromatic heterocycles. The van der Waals surface area contributed by atoms with Crippen molar-refractivity contribution >= 4 is 11.6 Å². The quantitative estimate of drug-likeness (QED) is 0.849. The van der Waals surface area contributed by atoms with Crippen LogP contribution in [0.4, 0.5) is 10.1 Å². The van der Waals surface area contributed by atoms with E-state index in [-0.39, 0.29) is 11.7 Å². The molecule has 0 radical (unpaired) electrons. The number of halogens is 1. The molecule has 0 heterocycles. The first-order valence-electron chi connectivity index (χ1n) is 6.55. The molecule has 1 amide bonds. The summed E-state index contributed by atoms with van der Waals surface area (Å²) in [4.78, 5) is 11.6. The SMILES string of the molecule is O=C(CCNc1ccccc1F)NCc1ccccc1. The van der Waals surface area contributed by atoms with Crippen LogP contribution in [0, 0.1) is 5.82 Å². The lowest BCUT2D eigenvalue weighted by atomic mass is 10.2. The third-order valence-corrected chi connectivity index (χ3v) is 2.87. The largest absolute Gasteiger partial charge is 0.382 e. The molecule has 0 unspecified atom stereocenters. The number of carbonyl (C=O) groups excluding carboxylic acids is 1. The number of benzene rings is 2. The van der Waals surface area contributed by atoms with E-state index in [0.29, 0.717) is 25.2 Å². The molecule has 0 fully saturated rings. The normalized spacial score (nSPS) is 10.1. The lowest BCUT2D eigenvalue weighted by Gasteiger charge is -2.08. The molecule has 104 valence electrons. The zero-order valence-corrected chi connectivity index (χ0v) is 11.1. The van der Waals surface area contributed by atoms with Gasteiger partial charge in [0.05, 0.1) is 5.69 Å². The maximum absolute atomic E-state index is 13.3. The highest BCUT2D eigenvalue weighted by Crippen LogP contribution is 2.11. The molecule has 2 aromatic rings. The molecule has 0 aliphatic heterocycles. The van der Waals surface area contributed by atoms with Crippen LogP contribution in [-0.4, -0.2) is 12.5 Å². The Morgan fingerprint density at radius 2 is 1.70 bits per heavy atom. The number of hydrogen-bond donors (Lipinski definition) is 2. The van der Waals surface area contributed by atoms with E-state index in [1.165, 1.54) is 6.07 Å². The van der Waals surface area contributed by atoms with Crippen LogP contribution < -0.4 is 10.6 Å².